The molecule has 0 spiro atoms. The summed E-state index contributed by atoms with van der Waals surface area (Å²) in [6.07, 6.45) is 1.38. The van der Waals surface area contributed by atoms with E-state index >= 15 is 0 Å². The van der Waals surface area contributed by atoms with E-state index in [1.54, 1.807) is 13.8 Å². The van der Waals surface area contributed by atoms with Crippen LogP contribution in [0.2, 0.25) is 0 Å². The van der Waals surface area contributed by atoms with Gasteiger partial charge < -0.3 is 14.2 Å². The number of aliphatic hydroxyl groups is 1. The highest BCUT2D eigenvalue weighted by atomic mass is 31.2. The molecule has 0 heterocycles. The van der Waals surface area contributed by atoms with Crippen LogP contribution in [-0.4, -0.2) is 24.9 Å². The lowest BCUT2D eigenvalue weighted by Crippen LogP contribution is -2.13. The van der Waals surface area contributed by atoms with Crippen LogP contribution in [-0.2, 0) is 13.6 Å². The fraction of sp³-hybridized carbons (Fsp3) is 0.714. The second-order valence-corrected chi connectivity index (χ2v) is 4.98. The summed E-state index contributed by atoms with van der Waals surface area (Å²) in [7, 11) is -0.537. The predicted octanol–water partition coefficient (Wildman–Crippen LogP) is 1.76. The van der Waals surface area contributed by atoms with E-state index in [4.69, 9.17) is 0 Å². The van der Waals surface area contributed by atoms with Crippen LogP contribution in [0.25, 0.3) is 0 Å². The molecule has 72 valence electrons. The standard InChI is InChI=1S/C7H15O4P/c1-7(2,8)5-6-12(9,10-3)11-4/h5-6,8H,1-4H3. The third-order valence-corrected chi connectivity index (χ3v) is 2.71. The van der Waals surface area contributed by atoms with Crippen LogP contribution >= 0.6 is 7.60 Å². The van der Waals surface area contributed by atoms with Crippen LogP contribution in [0.4, 0.5) is 0 Å². The first-order valence-corrected chi connectivity index (χ1v) is 5.08. The quantitative estimate of drug-likeness (QED) is 0.693. The van der Waals surface area contributed by atoms with E-state index in [2.05, 4.69) is 9.05 Å². The zero-order valence-corrected chi connectivity index (χ0v) is 8.67. The lowest BCUT2D eigenvalue weighted by Gasteiger charge is -2.13. The highest BCUT2D eigenvalue weighted by Crippen LogP contribution is 2.48. The van der Waals surface area contributed by atoms with Crippen LogP contribution in [0.3, 0.4) is 0 Å². The Balaban J connectivity index is 4.42. The zero-order chi connectivity index (χ0) is 9.83. The second-order valence-electron chi connectivity index (χ2n) is 2.87. The Bertz CT molecular complexity index is 196. The highest BCUT2D eigenvalue weighted by molar-refractivity contribution is 7.57. The van der Waals surface area contributed by atoms with E-state index in [9.17, 15) is 9.67 Å². The molecule has 0 aliphatic rings. The number of hydrogen-bond acceptors (Lipinski definition) is 4. The second kappa shape index (κ2) is 4.19. The Morgan fingerprint density at radius 2 is 1.75 bits per heavy atom. The molecule has 0 saturated carbocycles. The summed E-state index contributed by atoms with van der Waals surface area (Å²) in [6.45, 7) is 3.14. The van der Waals surface area contributed by atoms with Crippen LogP contribution in [0.15, 0.2) is 11.9 Å². The van der Waals surface area contributed by atoms with Gasteiger partial charge in [-0.2, -0.15) is 0 Å². The van der Waals surface area contributed by atoms with Crippen molar-refractivity contribution in [3.05, 3.63) is 11.9 Å². The summed E-state index contributed by atoms with van der Waals surface area (Å²) in [6, 6.07) is 0. The molecule has 0 rings (SSSR count). The van der Waals surface area contributed by atoms with Gasteiger partial charge in [0.15, 0.2) is 0 Å². The van der Waals surface area contributed by atoms with Gasteiger partial charge in [-0.1, -0.05) is 0 Å². The third-order valence-electron chi connectivity index (χ3n) is 1.17. The molecule has 0 aliphatic heterocycles. The Hall–Kier alpha value is -0.150. The van der Waals surface area contributed by atoms with Gasteiger partial charge in [0.1, 0.15) is 0 Å². The normalized spacial score (nSPS) is 14.1. The zero-order valence-electron chi connectivity index (χ0n) is 7.77. The lowest BCUT2D eigenvalue weighted by molar-refractivity contribution is 0.133. The van der Waals surface area contributed by atoms with E-state index < -0.39 is 13.2 Å². The van der Waals surface area contributed by atoms with Gasteiger partial charge in [-0.05, 0) is 19.9 Å². The summed E-state index contributed by atoms with van der Waals surface area (Å²) in [5.41, 5.74) is -1.01. The molecule has 0 saturated heterocycles. The van der Waals surface area contributed by atoms with Crippen molar-refractivity contribution in [3.8, 4) is 0 Å². The van der Waals surface area contributed by atoms with Crippen molar-refractivity contribution >= 4 is 7.60 Å². The Morgan fingerprint density at radius 3 is 2.00 bits per heavy atom. The minimum atomic E-state index is -3.12. The van der Waals surface area contributed by atoms with Gasteiger partial charge in [-0.25, -0.2) is 0 Å². The summed E-state index contributed by atoms with van der Waals surface area (Å²) >= 11 is 0. The number of rotatable bonds is 4. The third kappa shape index (κ3) is 4.67. The van der Waals surface area contributed by atoms with E-state index in [-0.39, 0.29) is 0 Å². The monoisotopic (exact) mass is 194 g/mol. The molecule has 0 aliphatic carbocycles. The smallest absolute Gasteiger partial charge is 0.353 e. The molecular weight excluding hydrogens is 179 g/mol. The van der Waals surface area contributed by atoms with Crippen molar-refractivity contribution < 1.29 is 18.7 Å². The summed E-state index contributed by atoms with van der Waals surface area (Å²) in [4.78, 5) is 0. The van der Waals surface area contributed by atoms with Crippen molar-refractivity contribution in [2.24, 2.45) is 0 Å². The average Bonchev–Trinajstić information content (AvgIpc) is 1.99. The van der Waals surface area contributed by atoms with Gasteiger partial charge in [0.05, 0.1) is 5.60 Å². The highest BCUT2D eigenvalue weighted by Gasteiger charge is 2.18. The largest absolute Gasteiger partial charge is 0.386 e. The summed E-state index contributed by atoms with van der Waals surface area (Å²) in [5, 5.41) is 9.25. The molecule has 0 fully saturated rings. The van der Waals surface area contributed by atoms with Crippen molar-refractivity contribution in [2.75, 3.05) is 14.2 Å². The molecule has 12 heavy (non-hydrogen) atoms. The first kappa shape index (κ1) is 11.8. The molecule has 0 atom stereocenters. The van der Waals surface area contributed by atoms with Gasteiger partial charge in [0.2, 0.25) is 0 Å². The van der Waals surface area contributed by atoms with Gasteiger partial charge in [-0.3, -0.25) is 4.57 Å². The lowest BCUT2D eigenvalue weighted by atomic mass is 10.1. The Kier molecular flexibility index (Phi) is 4.14. The van der Waals surface area contributed by atoms with Crippen LogP contribution in [0, 0.1) is 0 Å². The molecule has 5 heteroatoms. The van der Waals surface area contributed by atoms with Gasteiger partial charge in [0.25, 0.3) is 0 Å². The van der Waals surface area contributed by atoms with Gasteiger partial charge in [-0.15, -0.1) is 0 Å². The van der Waals surface area contributed by atoms with Crippen molar-refractivity contribution in [1.29, 1.82) is 0 Å². The van der Waals surface area contributed by atoms with Crippen molar-refractivity contribution in [3.63, 3.8) is 0 Å². The van der Waals surface area contributed by atoms with E-state index in [0.29, 0.717) is 0 Å². The maximum Gasteiger partial charge on any atom is 0.353 e. The molecular formula is C7H15O4P. The van der Waals surface area contributed by atoms with E-state index in [1.807, 2.05) is 0 Å². The average molecular weight is 194 g/mol. The molecule has 0 aromatic heterocycles. The van der Waals surface area contributed by atoms with Gasteiger partial charge >= 0.3 is 7.60 Å². The maximum absolute atomic E-state index is 11.4. The number of hydrogen-bond donors (Lipinski definition) is 1. The van der Waals surface area contributed by atoms with Crippen LogP contribution in [0.1, 0.15) is 13.8 Å². The topological polar surface area (TPSA) is 55.8 Å². The van der Waals surface area contributed by atoms with Gasteiger partial charge in [0, 0.05) is 20.0 Å². The molecule has 0 radical (unpaired) electrons. The Labute approximate surface area is 72.7 Å². The Morgan fingerprint density at radius 1 is 1.33 bits per heavy atom. The predicted molar refractivity (Wildman–Crippen MR) is 47.1 cm³/mol. The molecule has 0 aromatic carbocycles. The van der Waals surface area contributed by atoms with Crippen LogP contribution < -0.4 is 0 Å². The fourth-order valence-corrected chi connectivity index (χ4v) is 1.41. The van der Waals surface area contributed by atoms with Crippen molar-refractivity contribution in [1.82, 2.24) is 0 Å². The minimum absolute atomic E-state index is 1.01. The molecule has 0 amide bonds. The molecule has 0 aromatic rings. The molecule has 0 unspecified atom stereocenters. The minimum Gasteiger partial charge on any atom is -0.386 e. The first-order chi connectivity index (χ1) is 5.33. The molecule has 1 N–H and O–H groups in total. The molecule has 4 nitrogen and oxygen atoms in total. The van der Waals surface area contributed by atoms with Crippen LogP contribution in [0.5, 0.6) is 0 Å². The fourth-order valence-electron chi connectivity index (χ4n) is 0.470. The SMILES string of the molecule is COP(=O)(C=CC(C)(C)O)OC. The van der Waals surface area contributed by atoms with Crippen molar-refractivity contribution in [2.45, 2.75) is 19.4 Å². The summed E-state index contributed by atoms with van der Waals surface area (Å²) < 4.78 is 20.6. The molecule has 0 bridgehead atoms. The maximum atomic E-state index is 11.4. The van der Waals surface area contributed by atoms with E-state index in [0.717, 1.165) is 0 Å². The summed E-state index contributed by atoms with van der Waals surface area (Å²) in [5.74, 6) is 1.24. The van der Waals surface area contributed by atoms with E-state index in [1.165, 1.54) is 26.1 Å². The first-order valence-electron chi connectivity index (χ1n) is 3.47.